The molecule has 1 aromatic heterocycles. The molecule has 3 nitrogen and oxygen atoms in total. The molecule has 0 saturated heterocycles. The third-order valence-electron chi connectivity index (χ3n) is 2.11. The smallest absolute Gasteiger partial charge is 0.203 e. The Balaban J connectivity index is 2.43. The largest absolute Gasteiger partial charge is 0.399 e. The van der Waals surface area contributed by atoms with Crippen LogP contribution in [-0.4, -0.2) is 5.78 Å². The van der Waals surface area contributed by atoms with Crippen LogP contribution < -0.4 is 11.5 Å². The predicted molar refractivity (Wildman–Crippen MR) is 75.7 cm³/mol. The van der Waals surface area contributed by atoms with E-state index < -0.39 is 0 Å². The molecule has 0 amide bonds. The minimum Gasteiger partial charge on any atom is -0.399 e. The third kappa shape index (κ3) is 2.62. The summed E-state index contributed by atoms with van der Waals surface area (Å²) in [7, 11) is 0. The zero-order chi connectivity index (χ0) is 12.6. The van der Waals surface area contributed by atoms with E-state index >= 15 is 0 Å². The molecule has 0 atom stereocenters. The van der Waals surface area contributed by atoms with Crippen LogP contribution in [0.1, 0.15) is 15.2 Å². The van der Waals surface area contributed by atoms with Crippen LogP contribution in [-0.2, 0) is 0 Å². The standard InChI is InChI=1S/C11H8BrClN2OS/c12-11-8(13)4-9(17-11)10(16)5-1-6(14)3-7(15)2-5/h1-4H,14-15H2. The van der Waals surface area contributed by atoms with Gasteiger partial charge in [-0.3, -0.25) is 4.79 Å². The van der Waals surface area contributed by atoms with E-state index in [1.165, 1.54) is 11.3 Å². The van der Waals surface area contributed by atoms with E-state index in [0.717, 1.165) is 3.79 Å². The Hall–Kier alpha value is -1.04. The number of hydrogen-bond donors (Lipinski definition) is 2. The van der Waals surface area contributed by atoms with E-state index in [2.05, 4.69) is 15.9 Å². The first-order chi connectivity index (χ1) is 7.97. The number of rotatable bonds is 2. The molecular formula is C11H8BrClN2OS. The maximum Gasteiger partial charge on any atom is 0.203 e. The maximum atomic E-state index is 12.1. The first-order valence-corrected chi connectivity index (χ1v) is 6.61. The first kappa shape index (κ1) is 12.4. The van der Waals surface area contributed by atoms with Gasteiger partial charge in [-0.05, 0) is 40.2 Å². The zero-order valence-electron chi connectivity index (χ0n) is 8.54. The molecule has 0 radical (unpaired) electrons. The summed E-state index contributed by atoms with van der Waals surface area (Å²) in [6.45, 7) is 0. The molecule has 2 rings (SSSR count). The maximum absolute atomic E-state index is 12.1. The van der Waals surface area contributed by atoms with Crippen LogP contribution in [0, 0.1) is 0 Å². The van der Waals surface area contributed by atoms with Crippen molar-refractivity contribution in [1.29, 1.82) is 0 Å². The molecule has 0 aliphatic rings. The number of hydrogen-bond acceptors (Lipinski definition) is 4. The minimum atomic E-state index is -0.137. The van der Waals surface area contributed by atoms with Gasteiger partial charge in [-0.25, -0.2) is 0 Å². The Morgan fingerprint density at radius 1 is 1.18 bits per heavy atom. The molecule has 0 fully saturated rings. The topological polar surface area (TPSA) is 69.1 Å². The normalized spacial score (nSPS) is 10.5. The summed E-state index contributed by atoms with van der Waals surface area (Å²) in [5, 5.41) is 0.523. The van der Waals surface area contributed by atoms with Crippen molar-refractivity contribution in [1.82, 2.24) is 0 Å². The molecule has 0 unspecified atom stereocenters. The molecule has 0 bridgehead atoms. The lowest BCUT2D eigenvalue weighted by molar-refractivity contribution is 0.104. The highest BCUT2D eigenvalue weighted by atomic mass is 79.9. The van der Waals surface area contributed by atoms with Crippen LogP contribution in [0.25, 0.3) is 0 Å². The van der Waals surface area contributed by atoms with Gasteiger partial charge in [-0.15, -0.1) is 11.3 Å². The van der Waals surface area contributed by atoms with Gasteiger partial charge in [0.25, 0.3) is 0 Å². The molecule has 0 spiro atoms. The predicted octanol–water partition coefficient (Wildman–Crippen LogP) is 3.56. The van der Waals surface area contributed by atoms with E-state index in [-0.39, 0.29) is 5.78 Å². The Morgan fingerprint density at radius 2 is 1.76 bits per heavy atom. The van der Waals surface area contributed by atoms with E-state index in [0.29, 0.717) is 26.8 Å². The van der Waals surface area contributed by atoms with Crippen molar-refractivity contribution in [2.45, 2.75) is 0 Å². The van der Waals surface area contributed by atoms with Gasteiger partial charge in [0.05, 0.1) is 13.7 Å². The first-order valence-electron chi connectivity index (χ1n) is 4.63. The molecule has 1 heterocycles. The number of anilines is 2. The summed E-state index contributed by atoms with van der Waals surface area (Å²) in [6.07, 6.45) is 0. The van der Waals surface area contributed by atoms with Gasteiger partial charge >= 0.3 is 0 Å². The molecule has 88 valence electrons. The van der Waals surface area contributed by atoms with Gasteiger partial charge in [-0.1, -0.05) is 11.6 Å². The average Bonchev–Trinajstić information content (AvgIpc) is 2.57. The Morgan fingerprint density at radius 3 is 2.24 bits per heavy atom. The summed E-state index contributed by atoms with van der Waals surface area (Å²) in [4.78, 5) is 12.7. The van der Waals surface area contributed by atoms with Gasteiger partial charge in [-0.2, -0.15) is 0 Å². The second-order valence-electron chi connectivity index (χ2n) is 3.45. The van der Waals surface area contributed by atoms with Crippen molar-refractivity contribution < 1.29 is 4.79 Å². The highest BCUT2D eigenvalue weighted by molar-refractivity contribution is 9.11. The lowest BCUT2D eigenvalue weighted by Gasteiger charge is -2.02. The second kappa shape index (κ2) is 4.68. The van der Waals surface area contributed by atoms with E-state index in [1.807, 2.05) is 0 Å². The van der Waals surface area contributed by atoms with Crippen molar-refractivity contribution in [3.63, 3.8) is 0 Å². The van der Waals surface area contributed by atoms with Crippen molar-refractivity contribution in [2.24, 2.45) is 0 Å². The third-order valence-corrected chi connectivity index (χ3v) is 4.58. The lowest BCUT2D eigenvalue weighted by Crippen LogP contribution is -2.01. The zero-order valence-corrected chi connectivity index (χ0v) is 11.7. The number of ketones is 1. The summed E-state index contributed by atoms with van der Waals surface area (Å²) in [6, 6.07) is 6.42. The van der Waals surface area contributed by atoms with Gasteiger partial charge in [0, 0.05) is 16.9 Å². The van der Waals surface area contributed by atoms with E-state index in [1.54, 1.807) is 24.3 Å². The molecule has 2 aromatic rings. The lowest BCUT2D eigenvalue weighted by atomic mass is 10.1. The molecule has 1 aromatic carbocycles. The molecule has 0 aliphatic heterocycles. The molecule has 0 aliphatic carbocycles. The summed E-state index contributed by atoms with van der Waals surface area (Å²) >= 11 is 10.4. The molecule has 0 saturated carbocycles. The molecule has 4 N–H and O–H groups in total. The molecule has 17 heavy (non-hydrogen) atoms. The number of thiophene rings is 1. The number of nitrogen functional groups attached to an aromatic ring is 2. The Labute approximate surface area is 116 Å². The fourth-order valence-electron chi connectivity index (χ4n) is 1.41. The minimum absolute atomic E-state index is 0.137. The van der Waals surface area contributed by atoms with Gasteiger partial charge in [0.15, 0.2) is 0 Å². The highest BCUT2D eigenvalue weighted by Crippen LogP contribution is 2.33. The van der Waals surface area contributed by atoms with E-state index in [9.17, 15) is 4.79 Å². The summed E-state index contributed by atoms with van der Waals surface area (Å²) in [5.41, 5.74) is 12.7. The van der Waals surface area contributed by atoms with Crippen LogP contribution in [0.2, 0.25) is 5.02 Å². The van der Waals surface area contributed by atoms with Crippen molar-refractivity contribution in [3.05, 3.63) is 43.5 Å². The summed E-state index contributed by atoms with van der Waals surface area (Å²) < 4.78 is 0.736. The number of nitrogens with two attached hydrogens (primary N) is 2. The Kier molecular flexibility index (Phi) is 3.42. The van der Waals surface area contributed by atoms with Crippen molar-refractivity contribution >= 4 is 56.0 Å². The fourth-order valence-corrected chi connectivity index (χ4v) is 3.07. The second-order valence-corrected chi connectivity index (χ2v) is 6.23. The highest BCUT2D eigenvalue weighted by Gasteiger charge is 2.15. The Bertz CT molecular complexity index is 557. The fraction of sp³-hybridized carbons (Fsp3) is 0. The van der Waals surface area contributed by atoms with E-state index in [4.69, 9.17) is 23.1 Å². The molecular weight excluding hydrogens is 324 g/mol. The molecule has 6 heteroatoms. The van der Waals surface area contributed by atoms with Crippen LogP contribution in [0.4, 0.5) is 11.4 Å². The van der Waals surface area contributed by atoms with Crippen LogP contribution in [0.3, 0.4) is 0 Å². The van der Waals surface area contributed by atoms with Gasteiger partial charge in [0.2, 0.25) is 5.78 Å². The summed E-state index contributed by atoms with van der Waals surface area (Å²) in [5.74, 6) is -0.137. The quantitative estimate of drug-likeness (QED) is 0.653. The monoisotopic (exact) mass is 330 g/mol. The van der Waals surface area contributed by atoms with Crippen LogP contribution in [0.5, 0.6) is 0 Å². The number of carbonyl (C=O) groups is 1. The van der Waals surface area contributed by atoms with Crippen LogP contribution >= 0.6 is 38.9 Å². The number of carbonyl (C=O) groups excluding carboxylic acids is 1. The number of benzene rings is 1. The van der Waals surface area contributed by atoms with Gasteiger partial charge < -0.3 is 11.5 Å². The van der Waals surface area contributed by atoms with Crippen molar-refractivity contribution in [2.75, 3.05) is 11.5 Å². The van der Waals surface area contributed by atoms with Gasteiger partial charge in [0.1, 0.15) is 0 Å². The number of halogens is 2. The van der Waals surface area contributed by atoms with Crippen molar-refractivity contribution in [3.8, 4) is 0 Å². The van der Waals surface area contributed by atoms with Crippen LogP contribution in [0.15, 0.2) is 28.1 Å². The SMILES string of the molecule is Nc1cc(N)cc(C(=O)c2cc(Cl)c(Br)s2)c1. The average molecular weight is 332 g/mol.